The maximum absolute atomic E-state index is 9.00. The molecule has 0 saturated carbocycles. The van der Waals surface area contributed by atoms with E-state index >= 15 is 0 Å². The van der Waals surface area contributed by atoms with E-state index in [-0.39, 0.29) is 5.41 Å². The van der Waals surface area contributed by atoms with Crippen molar-refractivity contribution in [3.05, 3.63) is 29.8 Å². The van der Waals surface area contributed by atoms with Crippen LogP contribution in [0.25, 0.3) is 0 Å². The molecule has 0 saturated heterocycles. The first-order valence-electron chi connectivity index (χ1n) is 6.90. The zero-order valence-electron chi connectivity index (χ0n) is 12.6. The van der Waals surface area contributed by atoms with Crippen LogP contribution < -0.4 is 5.32 Å². The van der Waals surface area contributed by atoms with Crippen LogP contribution >= 0.6 is 11.8 Å². The summed E-state index contributed by atoms with van der Waals surface area (Å²) in [5.74, 6) is 0.973. The SMILES string of the molecule is COCCNCc1cccc(SCCC(C)(C)C#N)c1. The maximum Gasteiger partial charge on any atom is 0.0684 e. The van der Waals surface area contributed by atoms with E-state index in [1.54, 1.807) is 7.11 Å². The first-order valence-corrected chi connectivity index (χ1v) is 7.88. The molecular weight excluding hydrogens is 268 g/mol. The summed E-state index contributed by atoms with van der Waals surface area (Å²) >= 11 is 1.82. The minimum Gasteiger partial charge on any atom is -0.383 e. The van der Waals surface area contributed by atoms with Crippen LogP contribution in [0.15, 0.2) is 29.2 Å². The summed E-state index contributed by atoms with van der Waals surface area (Å²) in [6.07, 6.45) is 0.907. The van der Waals surface area contributed by atoms with Crippen LogP contribution in [-0.2, 0) is 11.3 Å². The van der Waals surface area contributed by atoms with Gasteiger partial charge in [0.15, 0.2) is 0 Å². The van der Waals surface area contributed by atoms with E-state index in [9.17, 15) is 0 Å². The minimum absolute atomic E-state index is 0.230. The fourth-order valence-corrected chi connectivity index (χ4v) is 2.89. The molecule has 1 rings (SSSR count). The van der Waals surface area contributed by atoms with Gasteiger partial charge in [-0.05, 0) is 43.7 Å². The summed E-state index contributed by atoms with van der Waals surface area (Å²) in [5, 5.41) is 12.3. The molecule has 0 aromatic heterocycles. The normalized spacial score (nSPS) is 11.3. The molecule has 0 fully saturated rings. The second-order valence-electron chi connectivity index (χ2n) is 5.41. The molecule has 0 unspecified atom stereocenters. The molecule has 0 aliphatic carbocycles. The Morgan fingerprint density at radius 3 is 2.90 bits per heavy atom. The number of nitriles is 1. The Morgan fingerprint density at radius 1 is 1.40 bits per heavy atom. The molecule has 0 amide bonds. The highest BCUT2D eigenvalue weighted by Crippen LogP contribution is 2.26. The van der Waals surface area contributed by atoms with Crippen LogP contribution in [0.4, 0.5) is 0 Å². The summed E-state index contributed by atoms with van der Waals surface area (Å²) in [4.78, 5) is 1.27. The Hall–Kier alpha value is -1.02. The van der Waals surface area contributed by atoms with Crippen molar-refractivity contribution >= 4 is 11.8 Å². The molecule has 0 aliphatic heterocycles. The Kier molecular flexibility index (Phi) is 7.68. The van der Waals surface area contributed by atoms with Gasteiger partial charge in [-0.15, -0.1) is 11.8 Å². The summed E-state index contributed by atoms with van der Waals surface area (Å²) in [5.41, 5.74) is 1.05. The Balaban J connectivity index is 2.38. The minimum atomic E-state index is -0.230. The molecule has 1 aromatic rings. The van der Waals surface area contributed by atoms with E-state index in [0.29, 0.717) is 0 Å². The number of thioether (sulfide) groups is 1. The molecule has 0 spiro atoms. The number of hydrogen-bond acceptors (Lipinski definition) is 4. The second kappa shape index (κ2) is 9.02. The quantitative estimate of drug-likeness (QED) is 0.559. The molecule has 0 aliphatic rings. The lowest BCUT2D eigenvalue weighted by Crippen LogP contribution is -2.18. The van der Waals surface area contributed by atoms with E-state index in [4.69, 9.17) is 10.00 Å². The summed E-state index contributed by atoms with van der Waals surface area (Å²) < 4.78 is 5.01. The van der Waals surface area contributed by atoms with Gasteiger partial charge in [-0.25, -0.2) is 0 Å². The molecule has 0 bridgehead atoms. The predicted octanol–water partition coefficient (Wildman–Crippen LogP) is 3.45. The van der Waals surface area contributed by atoms with Crippen LogP contribution in [0.3, 0.4) is 0 Å². The summed E-state index contributed by atoms with van der Waals surface area (Å²) in [6, 6.07) is 10.9. The molecule has 0 heterocycles. The Labute approximate surface area is 126 Å². The molecular formula is C16H24N2OS. The molecule has 4 heteroatoms. The van der Waals surface area contributed by atoms with Gasteiger partial charge in [-0.1, -0.05) is 12.1 Å². The number of nitrogens with one attached hydrogen (secondary N) is 1. The number of hydrogen-bond donors (Lipinski definition) is 1. The standard InChI is InChI=1S/C16H24N2OS/c1-16(2,13-17)7-10-20-15-6-4-5-14(11-15)12-18-8-9-19-3/h4-6,11,18H,7-10,12H2,1-3H3. The number of rotatable bonds is 9. The average molecular weight is 292 g/mol. The third kappa shape index (κ3) is 6.95. The molecule has 110 valence electrons. The van der Waals surface area contributed by atoms with Gasteiger partial charge in [0.25, 0.3) is 0 Å². The molecule has 3 nitrogen and oxygen atoms in total. The molecule has 1 aromatic carbocycles. The van der Waals surface area contributed by atoms with Crippen molar-refractivity contribution < 1.29 is 4.74 Å². The van der Waals surface area contributed by atoms with Crippen molar-refractivity contribution in [1.29, 1.82) is 5.26 Å². The van der Waals surface area contributed by atoms with E-state index in [1.165, 1.54) is 10.5 Å². The van der Waals surface area contributed by atoms with Gasteiger partial charge in [0, 0.05) is 25.1 Å². The number of nitrogens with zero attached hydrogens (tertiary/aromatic N) is 1. The third-order valence-corrected chi connectivity index (χ3v) is 4.00. The Morgan fingerprint density at radius 2 is 2.20 bits per heavy atom. The van der Waals surface area contributed by atoms with Gasteiger partial charge < -0.3 is 10.1 Å². The van der Waals surface area contributed by atoms with Gasteiger partial charge in [0.1, 0.15) is 0 Å². The predicted molar refractivity (Wildman–Crippen MR) is 84.8 cm³/mol. The molecule has 0 atom stereocenters. The van der Waals surface area contributed by atoms with Crippen LogP contribution in [-0.4, -0.2) is 26.0 Å². The van der Waals surface area contributed by atoms with Gasteiger partial charge in [-0.2, -0.15) is 5.26 Å². The maximum atomic E-state index is 9.00. The zero-order valence-corrected chi connectivity index (χ0v) is 13.4. The first kappa shape index (κ1) is 17.0. The average Bonchev–Trinajstić information content (AvgIpc) is 2.44. The second-order valence-corrected chi connectivity index (χ2v) is 6.58. The van der Waals surface area contributed by atoms with Crippen LogP contribution in [0, 0.1) is 16.7 Å². The number of methoxy groups -OCH3 is 1. The van der Waals surface area contributed by atoms with Crippen molar-refractivity contribution in [3.8, 4) is 6.07 Å². The van der Waals surface area contributed by atoms with Crippen LogP contribution in [0.2, 0.25) is 0 Å². The van der Waals surface area contributed by atoms with E-state index in [1.807, 2.05) is 25.6 Å². The van der Waals surface area contributed by atoms with Gasteiger partial charge in [0.2, 0.25) is 0 Å². The lowest BCUT2D eigenvalue weighted by molar-refractivity contribution is 0.199. The first-order chi connectivity index (χ1) is 9.57. The highest BCUT2D eigenvalue weighted by molar-refractivity contribution is 7.99. The molecule has 20 heavy (non-hydrogen) atoms. The lowest BCUT2D eigenvalue weighted by Gasteiger charge is -2.14. The lowest BCUT2D eigenvalue weighted by atomic mass is 9.93. The fraction of sp³-hybridized carbons (Fsp3) is 0.562. The Bertz CT molecular complexity index is 440. The molecule has 1 N–H and O–H groups in total. The van der Waals surface area contributed by atoms with Crippen molar-refractivity contribution in [2.45, 2.75) is 31.7 Å². The van der Waals surface area contributed by atoms with Crippen molar-refractivity contribution in [2.75, 3.05) is 26.0 Å². The zero-order chi connectivity index (χ0) is 14.8. The van der Waals surface area contributed by atoms with Crippen LogP contribution in [0.1, 0.15) is 25.8 Å². The van der Waals surface area contributed by atoms with Gasteiger partial charge in [0.05, 0.1) is 18.1 Å². The van der Waals surface area contributed by atoms with Gasteiger partial charge >= 0.3 is 0 Å². The summed E-state index contributed by atoms with van der Waals surface area (Å²) in [7, 11) is 1.71. The monoisotopic (exact) mass is 292 g/mol. The highest BCUT2D eigenvalue weighted by Gasteiger charge is 2.15. The number of benzene rings is 1. The van der Waals surface area contributed by atoms with Crippen molar-refractivity contribution in [1.82, 2.24) is 5.32 Å². The van der Waals surface area contributed by atoms with E-state index < -0.39 is 0 Å². The van der Waals surface area contributed by atoms with Crippen LogP contribution in [0.5, 0.6) is 0 Å². The van der Waals surface area contributed by atoms with Crippen molar-refractivity contribution in [3.63, 3.8) is 0 Å². The van der Waals surface area contributed by atoms with Crippen molar-refractivity contribution in [2.24, 2.45) is 5.41 Å². The van der Waals surface area contributed by atoms with E-state index in [0.717, 1.165) is 31.9 Å². The summed E-state index contributed by atoms with van der Waals surface area (Å²) in [6.45, 7) is 6.44. The van der Waals surface area contributed by atoms with E-state index in [2.05, 4.69) is 35.7 Å². The topological polar surface area (TPSA) is 45.0 Å². The highest BCUT2D eigenvalue weighted by atomic mass is 32.2. The fourth-order valence-electron chi connectivity index (χ4n) is 1.63. The third-order valence-electron chi connectivity index (χ3n) is 3.01. The van der Waals surface area contributed by atoms with Gasteiger partial charge in [-0.3, -0.25) is 0 Å². The largest absolute Gasteiger partial charge is 0.383 e. The molecule has 0 radical (unpaired) electrons. The number of ether oxygens (including phenoxy) is 1. The smallest absolute Gasteiger partial charge is 0.0684 e.